The SMILES string of the molecule is COC1=CC(C)[C@@H](C2CCNC[C@H]2NC(=O)Nc2ccc(Cl)cc2)C=C1. The third kappa shape index (κ3) is 4.59. The van der Waals surface area contributed by atoms with E-state index in [-0.39, 0.29) is 12.1 Å². The molecule has 4 atom stereocenters. The van der Waals surface area contributed by atoms with Gasteiger partial charge in [0.05, 0.1) is 7.11 Å². The summed E-state index contributed by atoms with van der Waals surface area (Å²) in [4.78, 5) is 12.4. The molecule has 1 aromatic rings. The first-order valence-electron chi connectivity index (χ1n) is 9.04. The fourth-order valence-corrected chi connectivity index (χ4v) is 3.97. The van der Waals surface area contributed by atoms with Crippen molar-refractivity contribution in [3.8, 4) is 0 Å². The lowest BCUT2D eigenvalue weighted by Gasteiger charge is -2.39. The van der Waals surface area contributed by atoms with Crippen molar-refractivity contribution in [2.45, 2.75) is 19.4 Å². The molecule has 3 N–H and O–H groups in total. The second kappa shape index (κ2) is 8.60. The van der Waals surface area contributed by atoms with Gasteiger partial charge in [-0.3, -0.25) is 0 Å². The van der Waals surface area contributed by atoms with E-state index >= 15 is 0 Å². The lowest BCUT2D eigenvalue weighted by atomic mass is 9.73. The van der Waals surface area contributed by atoms with Crippen LogP contribution in [0.25, 0.3) is 0 Å². The number of piperidine rings is 1. The van der Waals surface area contributed by atoms with E-state index in [1.54, 1.807) is 31.4 Å². The van der Waals surface area contributed by atoms with Crippen LogP contribution in [-0.2, 0) is 4.74 Å². The normalized spacial score (nSPS) is 28.2. The van der Waals surface area contributed by atoms with Gasteiger partial charge >= 0.3 is 6.03 Å². The number of ether oxygens (including phenoxy) is 1. The summed E-state index contributed by atoms with van der Waals surface area (Å²) in [6.07, 6.45) is 7.46. The minimum Gasteiger partial charge on any atom is -0.497 e. The summed E-state index contributed by atoms with van der Waals surface area (Å²) in [7, 11) is 1.69. The smallest absolute Gasteiger partial charge is 0.319 e. The predicted molar refractivity (Wildman–Crippen MR) is 105 cm³/mol. The van der Waals surface area contributed by atoms with Crippen molar-refractivity contribution in [2.24, 2.45) is 17.8 Å². The van der Waals surface area contributed by atoms with Gasteiger partial charge in [-0.05, 0) is 67.1 Å². The summed E-state index contributed by atoms with van der Waals surface area (Å²) >= 11 is 5.89. The molecule has 140 valence electrons. The van der Waals surface area contributed by atoms with Gasteiger partial charge in [-0.2, -0.15) is 0 Å². The van der Waals surface area contributed by atoms with Crippen LogP contribution in [0.4, 0.5) is 10.5 Å². The van der Waals surface area contributed by atoms with E-state index in [2.05, 4.69) is 35.0 Å². The van der Waals surface area contributed by atoms with Gasteiger partial charge in [-0.1, -0.05) is 24.6 Å². The van der Waals surface area contributed by atoms with Crippen molar-refractivity contribution in [1.82, 2.24) is 10.6 Å². The molecule has 6 heteroatoms. The molecule has 1 fully saturated rings. The number of carbonyl (C=O) groups excluding carboxylic acids is 1. The largest absolute Gasteiger partial charge is 0.497 e. The molecule has 1 aromatic carbocycles. The summed E-state index contributed by atoms with van der Waals surface area (Å²) in [5.74, 6) is 2.05. The number of benzene rings is 1. The van der Waals surface area contributed by atoms with Gasteiger partial charge in [0.1, 0.15) is 5.76 Å². The summed E-state index contributed by atoms with van der Waals surface area (Å²) in [6, 6.07) is 6.99. The van der Waals surface area contributed by atoms with Crippen LogP contribution in [0.15, 0.2) is 48.3 Å². The molecular weight excluding hydrogens is 350 g/mol. The van der Waals surface area contributed by atoms with Gasteiger partial charge in [0.25, 0.3) is 0 Å². The van der Waals surface area contributed by atoms with E-state index < -0.39 is 0 Å². The molecule has 0 bridgehead atoms. The quantitative estimate of drug-likeness (QED) is 0.750. The van der Waals surface area contributed by atoms with E-state index in [9.17, 15) is 4.79 Å². The van der Waals surface area contributed by atoms with Crippen molar-refractivity contribution < 1.29 is 9.53 Å². The van der Waals surface area contributed by atoms with Crippen molar-refractivity contribution in [2.75, 3.05) is 25.5 Å². The highest BCUT2D eigenvalue weighted by atomic mass is 35.5. The Morgan fingerprint density at radius 1 is 1.31 bits per heavy atom. The van der Waals surface area contributed by atoms with Crippen LogP contribution < -0.4 is 16.0 Å². The fraction of sp³-hybridized carbons (Fsp3) is 0.450. The van der Waals surface area contributed by atoms with Crippen LogP contribution in [0.3, 0.4) is 0 Å². The number of methoxy groups -OCH3 is 1. The lowest BCUT2D eigenvalue weighted by molar-refractivity contribution is 0.191. The van der Waals surface area contributed by atoms with Gasteiger partial charge < -0.3 is 20.7 Å². The minimum atomic E-state index is -0.188. The maximum absolute atomic E-state index is 12.4. The minimum absolute atomic E-state index is 0.0747. The molecule has 2 aliphatic rings. The average Bonchev–Trinajstić information content (AvgIpc) is 2.64. The number of amides is 2. The molecular formula is C20H26ClN3O2. The lowest BCUT2D eigenvalue weighted by Crippen LogP contribution is -2.54. The van der Waals surface area contributed by atoms with Gasteiger partial charge in [-0.15, -0.1) is 0 Å². The Morgan fingerprint density at radius 2 is 2.08 bits per heavy atom. The molecule has 26 heavy (non-hydrogen) atoms. The Hall–Kier alpha value is -1.98. The number of carbonyl (C=O) groups is 1. The number of urea groups is 1. The average molecular weight is 376 g/mol. The Bertz CT molecular complexity index is 687. The van der Waals surface area contributed by atoms with E-state index in [0.29, 0.717) is 22.8 Å². The van der Waals surface area contributed by atoms with Crippen molar-refractivity contribution in [3.63, 3.8) is 0 Å². The predicted octanol–water partition coefficient (Wildman–Crippen LogP) is 3.79. The van der Waals surface area contributed by atoms with Crippen molar-refractivity contribution in [3.05, 3.63) is 53.3 Å². The molecule has 0 radical (unpaired) electrons. The highest BCUT2D eigenvalue weighted by Crippen LogP contribution is 2.34. The molecule has 0 saturated carbocycles. The molecule has 1 saturated heterocycles. The number of allylic oxidation sites excluding steroid dienone is 3. The number of anilines is 1. The van der Waals surface area contributed by atoms with Gasteiger partial charge in [-0.25, -0.2) is 4.79 Å². The summed E-state index contributed by atoms with van der Waals surface area (Å²) in [6.45, 7) is 3.95. The molecule has 2 unspecified atom stereocenters. The fourth-order valence-electron chi connectivity index (χ4n) is 3.84. The third-order valence-electron chi connectivity index (χ3n) is 5.20. The molecule has 1 heterocycles. The summed E-state index contributed by atoms with van der Waals surface area (Å²) in [5.41, 5.74) is 0.728. The Kier molecular flexibility index (Phi) is 6.22. The zero-order valence-corrected chi connectivity index (χ0v) is 15.9. The first-order chi connectivity index (χ1) is 12.6. The molecule has 1 aliphatic heterocycles. The van der Waals surface area contributed by atoms with Crippen LogP contribution in [0.1, 0.15) is 13.3 Å². The zero-order chi connectivity index (χ0) is 18.5. The van der Waals surface area contributed by atoms with E-state index in [1.807, 2.05) is 6.08 Å². The number of hydrogen-bond donors (Lipinski definition) is 3. The van der Waals surface area contributed by atoms with Crippen molar-refractivity contribution >= 4 is 23.3 Å². The summed E-state index contributed by atoms with van der Waals surface area (Å²) < 4.78 is 5.34. The van der Waals surface area contributed by atoms with Crippen LogP contribution in [0.2, 0.25) is 5.02 Å². The van der Waals surface area contributed by atoms with Gasteiger partial charge in [0.15, 0.2) is 0 Å². The van der Waals surface area contributed by atoms with E-state index in [4.69, 9.17) is 16.3 Å². The highest BCUT2D eigenvalue weighted by molar-refractivity contribution is 6.30. The maximum Gasteiger partial charge on any atom is 0.319 e. The first-order valence-corrected chi connectivity index (χ1v) is 9.42. The molecule has 5 nitrogen and oxygen atoms in total. The van der Waals surface area contributed by atoms with Crippen LogP contribution in [-0.4, -0.2) is 32.3 Å². The van der Waals surface area contributed by atoms with E-state index in [1.165, 1.54) is 0 Å². The Labute approximate surface area is 159 Å². The van der Waals surface area contributed by atoms with Gasteiger partial charge in [0, 0.05) is 23.3 Å². The number of nitrogens with one attached hydrogen (secondary N) is 3. The first kappa shape index (κ1) is 18.8. The molecule has 3 rings (SSSR count). The maximum atomic E-state index is 12.4. The zero-order valence-electron chi connectivity index (χ0n) is 15.2. The Balaban J connectivity index is 1.63. The van der Waals surface area contributed by atoms with Crippen LogP contribution in [0, 0.1) is 17.8 Å². The third-order valence-corrected chi connectivity index (χ3v) is 5.45. The monoisotopic (exact) mass is 375 g/mol. The summed E-state index contributed by atoms with van der Waals surface area (Å²) in [5, 5.41) is 10.1. The second-order valence-electron chi connectivity index (χ2n) is 6.94. The molecule has 0 spiro atoms. The van der Waals surface area contributed by atoms with Crippen LogP contribution in [0.5, 0.6) is 0 Å². The van der Waals surface area contributed by atoms with Gasteiger partial charge in [0.2, 0.25) is 0 Å². The number of rotatable bonds is 4. The van der Waals surface area contributed by atoms with E-state index in [0.717, 1.165) is 31.0 Å². The standard InChI is InChI=1S/C20H26ClN3O2/c1-13-11-16(26-2)7-8-17(13)18-9-10-22-12-19(18)24-20(25)23-15-5-3-14(21)4-6-15/h3-8,11,13,17-19,22H,9-10,12H2,1-2H3,(H2,23,24,25)/t13?,17-,18?,19+/m0/s1. The highest BCUT2D eigenvalue weighted by Gasteiger charge is 2.35. The van der Waals surface area contributed by atoms with Crippen molar-refractivity contribution in [1.29, 1.82) is 0 Å². The molecule has 0 aromatic heterocycles. The topological polar surface area (TPSA) is 62.4 Å². The molecule has 1 aliphatic carbocycles. The van der Waals surface area contributed by atoms with Crippen LogP contribution >= 0.6 is 11.6 Å². The second-order valence-corrected chi connectivity index (χ2v) is 7.37. The Morgan fingerprint density at radius 3 is 2.77 bits per heavy atom. The number of halogens is 1. The molecule has 2 amide bonds. The number of hydrogen-bond acceptors (Lipinski definition) is 3.